The summed E-state index contributed by atoms with van der Waals surface area (Å²) in [6, 6.07) is 8.09. The molecule has 0 bridgehead atoms. The molecule has 1 saturated heterocycles. The predicted octanol–water partition coefficient (Wildman–Crippen LogP) is 4.29. The lowest BCUT2D eigenvalue weighted by Crippen LogP contribution is -2.35. The van der Waals surface area contributed by atoms with E-state index in [1.54, 1.807) is 6.08 Å². The van der Waals surface area contributed by atoms with Crippen LogP contribution in [0.1, 0.15) is 37.0 Å². The van der Waals surface area contributed by atoms with E-state index in [2.05, 4.69) is 30.9 Å². The van der Waals surface area contributed by atoms with Crippen molar-refractivity contribution in [2.45, 2.75) is 26.7 Å². The molecule has 3 nitrogen and oxygen atoms in total. The van der Waals surface area contributed by atoms with Crippen LogP contribution in [0.25, 0.3) is 10.9 Å². The summed E-state index contributed by atoms with van der Waals surface area (Å²) in [4.78, 5) is 15.2. The fourth-order valence-electron chi connectivity index (χ4n) is 3.70. The number of ketones is 1. The van der Waals surface area contributed by atoms with E-state index in [9.17, 15) is 4.79 Å². The number of likely N-dealkylation sites (tertiary alicyclic amines) is 1. The second-order valence-electron chi connectivity index (χ2n) is 7.43. The standard InChI is InChI=1S/C21H28N2O/c1-16(2)14-23-12-10-17(11-13-23)8-9-21(24)19-15-22(3)20-7-5-4-6-18(19)20/h4-9,15-17H,10-14H2,1-3H3/b9-8+. The minimum absolute atomic E-state index is 0.122. The van der Waals surface area contributed by atoms with Crippen molar-refractivity contribution in [3.63, 3.8) is 0 Å². The zero-order valence-corrected chi connectivity index (χ0v) is 15.0. The van der Waals surface area contributed by atoms with Crippen molar-refractivity contribution in [3.8, 4) is 0 Å². The van der Waals surface area contributed by atoms with E-state index in [0.717, 1.165) is 48.3 Å². The number of aryl methyl sites for hydroxylation is 1. The van der Waals surface area contributed by atoms with E-state index in [-0.39, 0.29) is 5.78 Å². The van der Waals surface area contributed by atoms with Crippen LogP contribution >= 0.6 is 0 Å². The molecular weight excluding hydrogens is 296 g/mol. The van der Waals surface area contributed by atoms with Gasteiger partial charge in [-0.05, 0) is 49.9 Å². The minimum atomic E-state index is 0.122. The average Bonchev–Trinajstić information content (AvgIpc) is 2.91. The molecule has 1 aliphatic rings. The molecule has 24 heavy (non-hydrogen) atoms. The van der Waals surface area contributed by atoms with Crippen LogP contribution in [0, 0.1) is 11.8 Å². The van der Waals surface area contributed by atoms with Crippen molar-refractivity contribution in [1.29, 1.82) is 0 Å². The third kappa shape index (κ3) is 3.78. The number of fused-ring (bicyclic) bond motifs is 1. The number of benzene rings is 1. The normalized spacial score (nSPS) is 17.3. The number of para-hydroxylation sites is 1. The van der Waals surface area contributed by atoms with Gasteiger partial charge in [-0.3, -0.25) is 4.79 Å². The first kappa shape index (κ1) is 17.0. The Bertz CT molecular complexity index is 733. The smallest absolute Gasteiger partial charge is 0.187 e. The molecule has 128 valence electrons. The molecule has 2 aromatic rings. The van der Waals surface area contributed by atoms with Gasteiger partial charge in [0.1, 0.15) is 0 Å². The van der Waals surface area contributed by atoms with Gasteiger partial charge in [-0.15, -0.1) is 0 Å². The number of carbonyl (C=O) groups is 1. The highest BCUT2D eigenvalue weighted by molar-refractivity contribution is 6.13. The Kier molecular flexibility index (Phi) is 5.20. The third-order valence-corrected chi connectivity index (χ3v) is 4.94. The molecule has 3 heteroatoms. The van der Waals surface area contributed by atoms with Crippen molar-refractivity contribution in [2.24, 2.45) is 18.9 Å². The van der Waals surface area contributed by atoms with Gasteiger partial charge in [0, 0.05) is 36.3 Å². The van der Waals surface area contributed by atoms with Gasteiger partial charge in [0.2, 0.25) is 0 Å². The fraction of sp³-hybridized carbons (Fsp3) is 0.476. The maximum Gasteiger partial charge on any atom is 0.187 e. The Labute approximate surface area is 145 Å². The summed E-state index contributed by atoms with van der Waals surface area (Å²) in [6.45, 7) is 8.03. The van der Waals surface area contributed by atoms with E-state index < -0.39 is 0 Å². The van der Waals surface area contributed by atoms with Crippen molar-refractivity contribution < 1.29 is 4.79 Å². The van der Waals surface area contributed by atoms with Gasteiger partial charge in [0.25, 0.3) is 0 Å². The molecule has 1 fully saturated rings. The third-order valence-electron chi connectivity index (χ3n) is 4.94. The number of rotatable bonds is 5. The lowest BCUT2D eigenvalue weighted by molar-refractivity contribution is 0.104. The maximum absolute atomic E-state index is 12.6. The largest absolute Gasteiger partial charge is 0.350 e. The second kappa shape index (κ2) is 7.35. The summed E-state index contributed by atoms with van der Waals surface area (Å²) in [7, 11) is 1.99. The van der Waals surface area contributed by atoms with Gasteiger partial charge in [0.15, 0.2) is 5.78 Å². The van der Waals surface area contributed by atoms with Crippen LogP contribution in [0.3, 0.4) is 0 Å². The van der Waals surface area contributed by atoms with Crippen LogP contribution in [-0.4, -0.2) is 34.9 Å². The van der Waals surface area contributed by atoms with E-state index in [1.807, 2.05) is 36.0 Å². The molecule has 0 saturated carbocycles. The van der Waals surface area contributed by atoms with E-state index >= 15 is 0 Å². The van der Waals surface area contributed by atoms with Gasteiger partial charge < -0.3 is 9.47 Å². The number of carbonyl (C=O) groups excluding carboxylic acids is 1. The van der Waals surface area contributed by atoms with Crippen LogP contribution < -0.4 is 0 Å². The van der Waals surface area contributed by atoms with E-state index in [0.29, 0.717) is 5.92 Å². The Morgan fingerprint density at radius 2 is 1.96 bits per heavy atom. The van der Waals surface area contributed by atoms with Gasteiger partial charge in [-0.25, -0.2) is 0 Å². The average molecular weight is 324 g/mol. The molecule has 1 aromatic heterocycles. The topological polar surface area (TPSA) is 25.2 Å². The number of piperidine rings is 1. The molecule has 1 aliphatic heterocycles. The van der Waals surface area contributed by atoms with E-state index in [1.165, 1.54) is 6.54 Å². The molecule has 2 heterocycles. The highest BCUT2D eigenvalue weighted by atomic mass is 16.1. The molecule has 0 amide bonds. The second-order valence-corrected chi connectivity index (χ2v) is 7.43. The summed E-state index contributed by atoms with van der Waals surface area (Å²) in [5.74, 6) is 1.38. The molecular formula is C21H28N2O. The molecule has 1 aromatic carbocycles. The minimum Gasteiger partial charge on any atom is -0.350 e. The van der Waals surface area contributed by atoms with Gasteiger partial charge in [0.05, 0.1) is 0 Å². The molecule has 3 rings (SSSR count). The predicted molar refractivity (Wildman–Crippen MR) is 100 cm³/mol. The number of hydrogen-bond donors (Lipinski definition) is 0. The number of nitrogens with zero attached hydrogens (tertiary/aromatic N) is 2. The number of allylic oxidation sites excluding steroid dienone is 2. The summed E-state index contributed by atoms with van der Waals surface area (Å²) in [5.41, 5.74) is 1.91. The fourth-order valence-corrected chi connectivity index (χ4v) is 3.70. The summed E-state index contributed by atoms with van der Waals surface area (Å²) in [6.07, 6.45) is 8.20. The van der Waals surface area contributed by atoms with Crippen molar-refractivity contribution in [1.82, 2.24) is 9.47 Å². The van der Waals surface area contributed by atoms with E-state index in [4.69, 9.17) is 0 Å². The van der Waals surface area contributed by atoms with Crippen molar-refractivity contribution in [2.75, 3.05) is 19.6 Å². The Balaban J connectivity index is 1.64. The highest BCUT2D eigenvalue weighted by Crippen LogP contribution is 2.23. The number of aromatic nitrogens is 1. The van der Waals surface area contributed by atoms with Crippen LogP contribution in [0.5, 0.6) is 0 Å². The van der Waals surface area contributed by atoms with Gasteiger partial charge >= 0.3 is 0 Å². The summed E-state index contributed by atoms with van der Waals surface area (Å²) < 4.78 is 2.03. The lowest BCUT2D eigenvalue weighted by Gasteiger charge is -2.31. The molecule has 0 radical (unpaired) electrons. The molecule has 0 spiro atoms. The van der Waals surface area contributed by atoms with Crippen LogP contribution in [0.2, 0.25) is 0 Å². The molecule has 0 N–H and O–H groups in total. The van der Waals surface area contributed by atoms with Crippen molar-refractivity contribution >= 4 is 16.7 Å². The van der Waals surface area contributed by atoms with Crippen LogP contribution in [0.4, 0.5) is 0 Å². The zero-order valence-electron chi connectivity index (χ0n) is 15.0. The Morgan fingerprint density at radius 1 is 1.25 bits per heavy atom. The summed E-state index contributed by atoms with van der Waals surface area (Å²) >= 11 is 0. The van der Waals surface area contributed by atoms with Crippen molar-refractivity contribution in [3.05, 3.63) is 48.2 Å². The van der Waals surface area contributed by atoms with Gasteiger partial charge in [-0.2, -0.15) is 0 Å². The van der Waals surface area contributed by atoms with Crippen LogP contribution in [0.15, 0.2) is 42.6 Å². The zero-order chi connectivity index (χ0) is 17.1. The quantitative estimate of drug-likeness (QED) is 0.606. The van der Waals surface area contributed by atoms with Crippen LogP contribution in [-0.2, 0) is 7.05 Å². The Hall–Kier alpha value is -1.87. The lowest BCUT2D eigenvalue weighted by atomic mass is 9.95. The molecule has 0 atom stereocenters. The monoisotopic (exact) mass is 324 g/mol. The maximum atomic E-state index is 12.6. The van der Waals surface area contributed by atoms with Gasteiger partial charge in [-0.1, -0.05) is 38.1 Å². The molecule has 0 aliphatic carbocycles. The molecule has 0 unspecified atom stereocenters. The summed E-state index contributed by atoms with van der Waals surface area (Å²) in [5, 5.41) is 1.04. The first-order chi connectivity index (χ1) is 11.5. The SMILES string of the molecule is CC(C)CN1CCC(/C=C/C(=O)c2cn(C)c3ccccc23)CC1. The number of hydrogen-bond acceptors (Lipinski definition) is 2. The highest BCUT2D eigenvalue weighted by Gasteiger charge is 2.18. The first-order valence-corrected chi connectivity index (χ1v) is 9.03. The first-order valence-electron chi connectivity index (χ1n) is 9.03. The Morgan fingerprint density at radius 3 is 2.67 bits per heavy atom.